The number of ether oxygens (including phenoxy) is 1. The monoisotopic (exact) mass is 516 g/mol. The van der Waals surface area contributed by atoms with Crippen molar-refractivity contribution in [3.63, 3.8) is 0 Å². The van der Waals surface area contributed by atoms with Crippen LogP contribution in [0.25, 0.3) is 5.69 Å². The Morgan fingerprint density at radius 1 is 0.718 bits per heavy atom. The summed E-state index contributed by atoms with van der Waals surface area (Å²) >= 11 is 0. The van der Waals surface area contributed by atoms with Crippen LogP contribution >= 0.6 is 0 Å². The van der Waals surface area contributed by atoms with Crippen molar-refractivity contribution in [3.8, 4) is 5.69 Å². The van der Waals surface area contributed by atoms with Crippen LogP contribution in [0, 0.1) is 24.7 Å². The first-order chi connectivity index (χ1) is 19.1. The van der Waals surface area contributed by atoms with Gasteiger partial charge in [0.1, 0.15) is 5.69 Å². The van der Waals surface area contributed by atoms with Gasteiger partial charge < -0.3 is 4.74 Å². The van der Waals surface area contributed by atoms with E-state index in [0.717, 1.165) is 22.6 Å². The molecule has 9 heteroatoms. The van der Waals surface area contributed by atoms with Crippen LogP contribution in [-0.2, 0) is 14.3 Å². The Kier molecular flexibility index (Phi) is 4.69. The van der Waals surface area contributed by atoms with Crippen LogP contribution in [0.3, 0.4) is 0 Å². The van der Waals surface area contributed by atoms with Gasteiger partial charge in [0.25, 0.3) is 0 Å². The first-order valence-electron chi connectivity index (χ1n) is 13.1. The van der Waals surface area contributed by atoms with Crippen molar-refractivity contribution in [1.82, 2.24) is 15.0 Å². The van der Waals surface area contributed by atoms with E-state index in [2.05, 4.69) is 5.10 Å². The number of fused-ring (bicyclic) bond motifs is 8. The fourth-order valence-corrected chi connectivity index (χ4v) is 6.66. The largest absolute Gasteiger partial charge is 0.370 e. The number of amides is 2. The molecule has 2 bridgehead atoms. The third kappa shape index (κ3) is 3.13. The number of rotatable bonds is 4. The molecule has 4 aliphatic heterocycles. The molecule has 0 saturated carbocycles. The average Bonchev–Trinajstić information content (AvgIpc) is 3.78. The van der Waals surface area contributed by atoms with Crippen LogP contribution in [0.5, 0.6) is 0 Å². The maximum Gasteiger partial charge on any atom is 0.240 e. The highest BCUT2D eigenvalue weighted by Gasteiger charge is 2.72. The number of aromatic nitrogens is 3. The van der Waals surface area contributed by atoms with Crippen LogP contribution in [0.2, 0.25) is 0 Å². The molecule has 0 spiro atoms. The van der Waals surface area contributed by atoms with Crippen molar-refractivity contribution in [2.45, 2.75) is 25.2 Å². The Hall–Kier alpha value is -4.63. The Morgan fingerprint density at radius 3 is 2.05 bits per heavy atom. The molecule has 3 saturated heterocycles. The van der Waals surface area contributed by atoms with Gasteiger partial charge in [0, 0.05) is 0 Å². The number of hydrogen-bond acceptors (Lipinski definition) is 7. The van der Waals surface area contributed by atoms with Gasteiger partial charge >= 0.3 is 0 Å². The number of hydrogen-bond donors (Lipinski definition) is 0. The van der Waals surface area contributed by atoms with Crippen molar-refractivity contribution in [1.29, 1.82) is 0 Å². The fourth-order valence-electron chi connectivity index (χ4n) is 6.66. The number of anilines is 2. The molecule has 5 heterocycles. The lowest BCUT2D eigenvalue weighted by molar-refractivity contribution is -0.125. The molecule has 0 aliphatic carbocycles. The lowest BCUT2D eigenvalue weighted by Gasteiger charge is -2.32. The molecule has 39 heavy (non-hydrogen) atoms. The summed E-state index contributed by atoms with van der Waals surface area (Å²) in [5, 5.41) is 16.2. The predicted octanol–water partition coefficient (Wildman–Crippen LogP) is 3.37. The van der Waals surface area contributed by atoms with Crippen LogP contribution in [0.15, 0.2) is 96.2 Å². The molecule has 8 rings (SSSR count). The minimum Gasteiger partial charge on any atom is -0.370 e. The molecule has 3 aromatic carbocycles. The van der Waals surface area contributed by atoms with Gasteiger partial charge in [0.05, 0.1) is 65.0 Å². The molecular formula is C30H24N6O3. The van der Waals surface area contributed by atoms with Crippen molar-refractivity contribution in [2.75, 3.05) is 9.91 Å². The molecule has 4 aliphatic rings. The SMILES string of the molecule is Cc1ccc(N2C(=O)[C@@H]3[C@@H]4O[C@H]([C@@H]3C2=O)[C@@H]2[C@H]4C(c3cnn(-c4ccccc4)n3)=NN2c2ccccc2)cc1. The van der Waals surface area contributed by atoms with Crippen molar-refractivity contribution >= 4 is 28.9 Å². The van der Waals surface area contributed by atoms with E-state index in [4.69, 9.17) is 14.9 Å². The van der Waals surface area contributed by atoms with E-state index in [1.165, 1.54) is 4.90 Å². The van der Waals surface area contributed by atoms with Gasteiger partial charge in [0.2, 0.25) is 11.8 Å². The molecule has 0 N–H and O–H groups in total. The molecule has 3 fully saturated rings. The van der Waals surface area contributed by atoms with Gasteiger partial charge in [-0.1, -0.05) is 54.1 Å². The topological polar surface area (TPSA) is 92.9 Å². The molecule has 2 amide bonds. The zero-order chi connectivity index (χ0) is 26.2. The molecule has 9 nitrogen and oxygen atoms in total. The Labute approximate surface area is 224 Å². The van der Waals surface area contributed by atoms with Crippen LogP contribution in [0.4, 0.5) is 11.4 Å². The lowest BCUT2D eigenvalue weighted by Crippen LogP contribution is -2.50. The van der Waals surface area contributed by atoms with E-state index in [0.29, 0.717) is 11.4 Å². The summed E-state index contributed by atoms with van der Waals surface area (Å²) in [5.74, 6) is -1.74. The van der Waals surface area contributed by atoms with Crippen LogP contribution < -0.4 is 9.91 Å². The van der Waals surface area contributed by atoms with Crippen LogP contribution in [0.1, 0.15) is 11.3 Å². The number of imide groups is 1. The van der Waals surface area contributed by atoms with Gasteiger partial charge in [-0.05, 0) is 43.3 Å². The smallest absolute Gasteiger partial charge is 0.240 e. The zero-order valence-electron chi connectivity index (χ0n) is 21.0. The molecule has 4 aromatic rings. The standard InChI is InChI=1S/C30H24N6O3/c1-17-12-14-18(15-13-17)34-29(37)22-23(30(34)38)28-26-24(27(22)39-28)25(33-35(26)19-8-4-2-5-9-19)21-16-31-36(32-21)20-10-6-3-7-11-20/h2-16,22-24,26-28H,1H3/t22-,23+,24+,26-,27-,28+/m0/s1. The number of aryl methyl sites for hydroxylation is 1. The first kappa shape index (κ1) is 22.4. The van der Waals surface area contributed by atoms with E-state index in [1.807, 2.05) is 96.9 Å². The zero-order valence-corrected chi connectivity index (χ0v) is 21.0. The summed E-state index contributed by atoms with van der Waals surface area (Å²) in [5.41, 5.74) is 4.78. The number of para-hydroxylation sites is 2. The quantitative estimate of drug-likeness (QED) is 0.386. The summed E-state index contributed by atoms with van der Waals surface area (Å²) in [7, 11) is 0. The highest BCUT2D eigenvalue weighted by atomic mass is 16.5. The van der Waals surface area contributed by atoms with Crippen molar-refractivity contribution in [3.05, 3.63) is 102 Å². The Bertz CT molecular complexity index is 1630. The van der Waals surface area contributed by atoms with E-state index < -0.39 is 24.0 Å². The second kappa shape index (κ2) is 8.18. The summed E-state index contributed by atoms with van der Waals surface area (Å²) in [4.78, 5) is 30.5. The number of hydrazone groups is 1. The van der Waals surface area contributed by atoms with Crippen molar-refractivity contribution in [2.24, 2.45) is 22.9 Å². The van der Waals surface area contributed by atoms with Crippen LogP contribution in [-0.4, -0.2) is 50.8 Å². The summed E-state index contributed by atoms with van der Waals surface area (Å²) in [6, 6.07) is 26.8. The van der Waals surface area contributed by atoms with E-state index >= 15 is 0 Å². The van der Waals surface area contributed by atoms with Crippen molar-refractivity contribution < 1.29 is 14.3 Å². The number of nitrogens with zero attached hydrogens (tertiary/aromatic N) is 6. The molecule has 6 atom stereocenters. The molecule has 1 aromatic heterocycles. The fraction of sp³-hybridized carbons (Fsp3) is 0.233. The molecule has 0 unspecified atom stereocenters. The van der Waals surface area contributed by atoms with Gasteiger partial charge in [0.15, 0.2) is 0 Å². The third-order valence-corrected chi connectivity index (χ3v) is 8.35. The summed E-state index contributed by atoms with van der Waals surface area (Å²) in [6.45, 7) is 1.98. The second-order valence-corrected chi connectivity index (χ2v) is 10.5. The minimum absolute atomic E-state index is 0.198. The van der Waals surface area contributed by atoms with E-state index in [1.54, 1.807) is 11.0 Å². The minimum atomic E-state index is -0.560. The Morgan fingerprint density at radius 2 is 1.36 bits per heavy atom. The first-order valence-corrected chi connectivity index (χ1v) is 13.1. The highest BCUT2D eigenvalue weighted by Crippen LogP contribution is 2.56. The molecule has 0 radical (unpaired) electrons. The Balaban J connectivity index is 1.20. The number of benzene rings is 3. The summed E-state index contributed by atoms with van der Waals surface area (Å²) in [6.07, 6.45) is 0.759. The molecular weight excluding hydrogens is 492 g/mol. The third-order valence-electron chi connectivity index (χ3n) is 8.35. The average molecular weight is 517 g/mol. The van der Waals surface area contributed by atoms with E-state index in [-0.39, 0.29) is 23.8 Å². The van der Waals surface area contributed by atoms with E-state index in [9.17, 15) is 9.59 Å². The maximum atomic E-state index is 13.8. The maximum absolute atomic E-state index is 13.8. The normalized spacial score (nSPS) is 28.7. The van der Waals surface area contributed by atoms with Gasteiger partial charge in [-0.15, -0.1) is 5.10 Å². The highest BCUT2D eigenvalue weighted by molar-refractivity contribution is 6.23. The second-order valence-electron chi connectivity index (χ2n) is 10.5. The summed E-state index contributed by atoms with van der Waals surface area (Å²) < 4.78 is 6.50. The number of carbonyl (C=O) groups excluding carboxylic acids is 2. The van der Waals surface area contributed by atoms with Gasteiger partial charge in [-0.2, -0.15) is 15.0 Å². The molecule has 192 valence electrons. The predicted molar refractivity (Wildman–Crippen MR) is 143 cm³/mol. The lowest BCUT2D eigenvalue weighted by atomic mass is 9.70. The number of carbonyl (C=O) groups is 2. The van der Waals surface area contributed by atoms with Gasteiger partial charge in [-0.3, -0.25) is 14.6 Å². The van der Waals surface area contributed by atoms with Gasteiger partial charge in [-0.25, -0.2) is 4.90 Å².